The van der Waals surface area contributed by atoms with E-state index in [0.29, 0.717) is 5.25 Å². The van der Waals surface area contributed by atoms with Crippen LogP contribution in [-0.4, -0.2) is 30.3 Å². The van der Waals surface area contributed by atoms with Gasteiger partial charge in [0.2, 0.25) is 0 Å². The van der Waals surface area contributed by atoms with Crippen LogP contribution in [-0.2, 0) is 6.54 Å². The minimum absolute atomic E-state index is 0. The number of pyridine rings is 1. The number of aromatic nitrogens is 4. The van der Waals surface area contributed by atoms with Crippen LogP contribution in [0.2, 0.25) is 0 Å². The predicted octanol–water partition coefficient (Wildman–Crippen LogP) is 2.79. The number of thioether (sulfide) groups is 1. The molecule has 1 unspecified atom stereocenters. The fourth-order valence-corrected chi connectivity index (χ4v) is 3.28. The quantitative estimate of drug-likeness (QED) is 0.755. The van der Waals surface area contributed by atoms with E-state index >= 15 is 0 Å². The maximum Gasteiger partial charge on any atom is 0.191 e. The Balaban J connectivity index is 0.00000108. The van der Waals surface area contributed by atoms with E-state index in [1.807, 2.05) is 18.3 Å². The molecule has 2 aromatic rings. The number of fused-ring (bicyclic) bond motifs is 1. The van der Waals surface area contributed by atoms with Crippen molar-refractivity contribution in [2.24, 2.45) is 0 Å². The van der Waals surface area contributed by atoms with Crippen LogP contribution in [0.3, 0.4) is 0 Å². The van der Waals surface area contributed by atoms with Crippen molar-refractivity contribution in [2.75, 3.05) is 5.33 Å². The summed E-state index contributed by atoms with van der Waals surface area (Å²) in [6, 6.07) is 3.93. The van der Waals surface area contributed by atoms with Crippen LogP contribution < -0.4 is 0 Å². The molecule has 0 radical (unpaired) electrons. The Labute approximate surface area is 122 Å². The molecule has 17 heavy (non-hydrogen) atoms. The lowest BCUT2D eigenvalue weighted by molar-refractivity contribution is 0.679. The molecule has 7 heteroatoms. The van der Waals surface area contributed by atoms with E-state index in [4.69, 9.17) is 0 Å². The van der Waals surface area contributed by atoms with Crippen LogP contribution >= 0.6 is 44.7 Å². The van der Waals surface area contributed by atoms with Gasteiger partial charge in [0.25, 0.3) is 0 Å². The fourth-order valence-electron chi connectivity index (χ4n) is 1.72. The van der Waals surface area contributed by atoms with Gasteiger partial charge in [0.05, 0.1) is 0 Å². The van der Waals surface area contributed by atoms with E-state index < -0.39 is 0 Å². The monoisotopic (exact) mass is 376 g/mol. The molecule has 1 aliphatic rings. The average Bonchev–Trinajstić information content (AvgIpc) is 2.88. The van der Waals surface area contributed by atoms with Crippen LogP contribution in [0.15, 0.2) is 29.7 Å². The largest absolute Gasteiger partial charge is 0.301 e. The molecule has 1 aliphatic heterocycles. The first-order valence-electron chi connectivity index (χ1n) is 4.94. The summed E-state index contributed by atoms with van der Waals surface area (Å²) in [5.41, 5.74) is 1.03. The Morgan fingerprint density at radius 2 is 2.35 bits per heavy atom. The molecule has 0 amide bonds. The van der Waals surface area contributed by atoms with Crippen molar-refractivity contribution in [3.05, 3.63) is 24.5 Å². The first-order chi connectivity index (χ1) is 7.88. The highest BCUT2D eigenvalue weighted by molar-refractivity contribution is 9.09. The standard InChI is InChI=1S/C10H9BrN4S.BrH/c11-4-8-6-15-9(13-14-10(15)16-8)7-2-1-3-12-5-7;/h1-3,5,8H,4,6H2;1H. The molecular weight excluding hydrogens is 368 g/mol. The van der Waals surface area contributed by atoms with E-state index in [2.05, 4.69) is 35.7 Å². The van der Waals surface area contributed by atoms with Crippen LogP contribution in [0.25, 0.3) is 11.4 Å². The van der Waals surface area contributed by atoms with Gasteiger partial charge in [-0.1, -0.05) is 27.7 Å². The minimum Gasteiger partial charge on any atom is -0.301 e. The lowest BCUT2D eigenvalue weighted by Gasteiger charge is -2.04. The van der Waals surface area contributed by atoms with Crippen LogP contribution in [0, 0.1) is 0 Å². The number of hydrogen-bond acceptors (Lipinski definition) is 4. The summed E-state index contributed by atoms with van der Waals surface area (Å²) in [5, 5.41) is 11.0. The first-order valence-corrected chi connectivity index (χ1v) is 6.95. The second-order valence-electron chi connectivity index (χ2n) is 3.55. The third-order valence-electron chi connectivity index (χ3n) is 2.47. The summed E-state index contributed by atoms with van der Waals surface area (Å²) in [7, 11) is 0. The Morgan fingerprint density at radius 1 is 1.47 bits per heavy atom. The highest BCUT2D eigenvalue weighted by Crippen LogP contribution is 2.34. The molecule has 0 bridgehead atoms. The van der Waals surface area contributed by atoms with Gasteiger partial charge >= 0.3 is 0 Å². The predicted molar refractivity (Wildman–Crippen MR) is 77.0 cm³/mol. The van der Waals surface area contributed by atoms with Gasteiger partial charge in [-0.05, 0) is 12.1 Å². The SMILES string of the molecule is Br.BrCC1Cn2c(nnc2-c2cccnc2)S1. The van der Waals surface area contributed by atoms with E-state index in [0.717, 1.165) is 28.4 Å². The van der Waals surface area contributed by atoms with Crippen molar-refractivity contribution in [2.45, 2.75) is 17.0 Å². The molecule has 90 valence electrons. The van der Waals surface area contributed by atoms with E-state index in [1.54, 1.807) is 18.0 Å². The van der Waals surface area contributed by atoms with Crippen molar-refractivity contribution in [3.63, 3.8) is 0 Å². The minimum atomic E-state index is 0. The van der Waals surface area contributed by atoms with Crippen molar-refractivity contribution in [1.82, 2.24) is 19.7 Å². The van der Waals surface area contributed by atoms with Gasteiger partial charge in [-0.15, -0.1) is 27.2 Å². The first kappa shape index (κ1) is 13.0. The van der Waals surface area contributed by atoms with Gasteiger partial charge in [-0.3, -0.25) is 4.98 Å². The van der Waals surface area contributed by atoms with Crippen molar-refractivity contribution in [3.8, 4) is 11.4 Å². The summed E-state index contributed by atoms with van der Waals surface area (Å²) >= 11 is 5.28. The molecule has 0 saturated heterocycles. The second kappa shape index (κ2) is 5.49. The lowest BCUT2D eigenvalue weighted by Crippen LogP contribution is -2.07. The number of alkyl halides is 1. The zero-order valence-corrected chi connectivity index (χ0v) is 12.9. The number of rotatable bonds is 2. The Morgan fingerprint density at radius 3 is 3.06 bits per heavy atom. The maximum atomic E-state index is 4.21. The topological polar surface area (TPSA) is 43.6 Å². The Hall–Kier alpha value is -0.400. The molecule has 0 fully saturated rings. The van der Waals surface area contributed by atoms with Gasteiger partial charge in [0.15, 0.2) is 11.0 Å². The average molecular weight is 378 g/mol. The van der Waals surface area contributed by atoms with Crippen molar-refractivity contribution >= 4 is 44.7 Å². The summed E-state index contributed by atoms with van der Waals surface area (Å²) in [6.45, 7) is 0.961. The van der Waals surface area contributed by atoms with Gasteiger partial charge in [0.1, 0.15) is 0 Å². The van der Waals surface area contributed by atoms with Crippen LogP contribution in [0.1, 0.15) is 0 Å². The number of hydrogen-bond donors (Lipinski definition) is 0. The van der Waals surface area contributed by atoms with Gasteiger partial charge < -0.3 is 4.57 Å². The highest BCUT2D eigenvalue weighted by atomic mass is 79.9. The van der Waals surface area contributed by atoms with E-state index in [-0.39, 0.29) is 17.0 Å². The third kappa shape index (κ3) is 2.41. The molecule has 3 rings (SSSR count). The summed E-state index contributed by atoms with van der Waals surface area (Å²) < 4.78 is 2.16. The molecule has 3 heterocycles. The highest BCUT2D eigenvalue weighted by Gasteiger charge is 2.26. The zero-order chi connectivity index (χ0) is 11.0. The number of halogens is 2. The van der Waals surface area contributed by atoms with Gasteiger partial charge in [-0.2, -0.15) is 0 Å². The zero-order valence-electron chi connectivity index (χ0n) is 8.78. The molecule has 0 saturated carbocycles. The maximum absolute atomic E-state index is 4.21. The molecular formula is C10H10Br2N4S. The Bertz CT molecular complexity index is 502. The van der Waals surface area contributed by atoms with E-state index in [1.165, 1.54) is 0 Å². The normalized spacial score (nSPS) is 17.6. The molecule has 2 aromatic heterocycles. The lowest BCUT2D eigenvalue weighted by atomic mass is 10.2. The molecule has 1 atom stereocenters. The van der Waals surface area contributed by atoms with Crippen molar-refractivity contribution < 1.29 is 0 Å². The summed E-state index contributed by atoms with van der Waals surface area (Å²) in [5.74, 6) is 0.916. The molecule has 0 N–H and O–H groups in total. The molecule has 0 aliphatic carbocycles. The van der Waals surface area contributed by atoms with Crippen molar-refractivity contribution in [1.29, 1.82) is 0 Å². The number of nitrogens with zero attached hydrogens (tertiary/aromatic N) is 4. The Kier molecular flexibility index (Phi) is 4.22. The van der Waals surface area contributed by atoms with Crippen LogP contribution in [0.5, 0.6) is 0 Å². The molecule has 4 nitrogen and oxygen atoms in total. The van der Waals surface area contributed by atoms with E-state index in [9.17, 15) is 0 Å². The molecule has 0 aromatic carbocycles. The second-order valence-corrected chi connectivity index (χ2v) is 5.47. The summed E-state index contributed by atoms with van der Waals surface area (Å²) in [6.07, 6.45) is 3.59. The fraction of sp³-hybridized carbons (Fsp3) is 0.300. The van der Waals surface area contributed by atoms with Gasteiger partial charge in [-0.25, -0.2) is 0 Å². The summed E-state index contributed by atoms with van der Waals surface area (Å²) in [4.78, 5) is 4.11. The van der Waals surface area contributed by atoms with Crippen LogP contribution in [0.4, 0.5) is 0 Å². The smallest absolute Gasteiger partial charge is 0.191 e. The third-order valence-corrected chi connectivity index (χ3v) is 4.84. The van der Waals surface area contributed by atoms with Gasteiger partial charge in [0, 0.05) is 35.1 Å². The molecule has 0 spiro atoms.